The molecule has 0 atom stereocenters. The van der Waals surface area contributed by atoms with Gasteiger partial charge in [0.15, 0.2) is 0 Å². The first-order valence-corrected chi connectivity index (χ1v) is 11.4. The Hall–Kier alpha value is -1.25. The van der Waals surface area contributed by atoms with Crippen LogP contribution in [0, 0.1) is 0 Å². The number of hydrogen-bond acceptors (Lipinski definition) is 5. The molecule has 1 heterocycles. The van der Waals surface area contributed by atoms with Gasteiger partial charge in [0.2, 0.25) is 0 Å². The molecule has 0 aromatic heterocycles. The quantitative estimate of drug-likeness (QED) is 0.639. The third-order valence-corrected chi connectivity index (χ3v) is 7.48. The van der Waals surface area contributed by atoms with E-state index < -0.39 is 16.0 Å². The van der Waals surface area contributed by atoms with Gasteiger partial charge < -0.3 is 9.84 Å². The summed E-state index contributed by atoms with van der Waals surface area (Å²) in [6, 6.07) is 6.28. The molecule has 3 rings (SSSR count). The molecule has 1 aromatic carbocycles. The number of sulfonamides is 1. The van der Waals surface area contributed by atoms with Crippen molar-refractivity contribution in [3.63, 3.8) is 0 Å². The van der Waals surface area contributed by atoms with Gasteiger partial charge in [0.1, 0.15) is 5.04 Å². The molecule has 140 valence electrons. The molecular formula is C18H19BrNO4S2-. The number of thioether (sulfide) groups is 1. The van der Waals surface area contributed by atoms with Gasteiger partial charge in [0, 0.05) is 10.0 Å². The third-order valence-electron chi connectivity index (χ3n) is 4.36. The van der Waals surface area contributed by atoms with Gasteiger partial charge >= 0.3 is 0 Å². The van der Waals surface area contributed by atoms with Crippen LogP contribution in [0.3, 0.4) is 0 Å². The molecule has 0 saturated carbocycles. The van der Waals surface area contributed by atoms with Crippen LogP contribution in [0.15, 0.2) is 60.0 Å². The molecule has 1 aliphatic heterocycles. The fourth-order valence-electron chi connectivity index (χ4n) is 3.05. The minimum Gasteiger partial charge on any atom is -0.616 e. The van der Waals surface area contributed by atoms with Gasteiger partial charge in [-0.3, -0.25) is 0 Å². The maximum atomic E-state index is 12.7. The van der Waals surface area contributed by atoms with Gasteiger partial charge in [-0.2, -0.15) is 12.8 Å². The maximum absolute atomic E-state index is 12.7. The van der Waals surface area contributed by atoms with Crippen molar-refractivity contribution in [1.29, 1.82) is 0 Å². The van der Waals surface area contributed by atoms with Gasteiger partial charge in [-0.15, -0.1) is 0 Å². The van der Waals surface area contributed by atoms with Crippen LogP contribution in [-0.4, -0.2) is 20.6 Å². The van der Waals surface area contributed by atoms with E-state index in [1.807, 2.05) is 0 Å². The molecule has 1 aliphatic carbocycles. The number of halogens is 1. The van der Waals surface area contributed by atoms with Crippen molar-refractivity contribution < 1.29 is 18.3 Å². The van der Waals surface area contributed by atoms with Gasteiger partial charge in [0.25, 0.3) is 10.0 Å². The van der Waals surface area contributed by atoms with Crippen LogP contribution in [0.25, 0.3) is 0 Å². The smallest absolute Gasteiger partial charge is 0.283 e. The Balaban J connectivity index is 2.04. The molecule has 0 unspecified atom stereocenters. The summed E-state index contributed by atoms with van der Waals surface area (Å²) in [5.41, 5.74) is 1.22. The summed E-state index contributed by atoms with van der Waals surface area (Å²) in [5, 5.41) is 12.6. The topological polar surface area (TPSA) is 78.8 Å². The van der Waals surface area contributed by atoms with Crippen molar-refractivity contribution in [2.24, 2.45) is 4.40 Å². The average Bonchev–Trinajstić information content (AvgIpc) is 2.90. The lowest BCUT2D eigenvalue weighted by atomic mass is 9.95. The second-order valence-electron chi connectivity index (χ2n) is 6.11. The van der Waals surface area contributed by atoms with Crippen molar-refractivity contribution in [2.75, 3.05) is 7.11 Å². The van der Waals surface area contributed by atoms with Gasteiger partial charge in [0.05, 0.1) is 10.8 Å². The minimum atomic E-state index is -3.91. The zero-order valence-electron chi connectivity index (χ0n) is 14.3. The second kappa shape index (κ2) is 8.19. The SMILES string of the molecule is COC([O-])=C1C(=NS(=O)(=O)c2ccc(Br)cc2)SC2=C1CCCCCC2. The first kappa shape index (κ1) is 19.5. The van der Waals surface area contributed by atoms with Crippen molar-refractivity contribution in [3.8, 4) is 0 Å². The first-order valence-electron chi connectivity index (χ1n) is 8.39. The van der Waals surface area contributed by atoms with E-state index in [2.05, 4.69) is 20.3 Å². The van der Waals surface area contributed by atoms with Crippen molar-refractivity contribution in [3.05, 3.63) is 50.7 Å². The third kappa shape index (κ3) is 4.18. The number of ether oxygens (including phenoxy) is 1. The standard InChI is InChI=1S/C18H20BrNO4S2/c1-24-18(21)16-14-6-4-2-3-5-7-15(14)25-17(16)20-26(22,23)13-10-8-12(19)9-11-13/h8-11,21H,2-7H2,1H3/p-1. The summed E-state index contributed by atoms with van der Waals surface area (Å²) >= 11 is 4.58. The zero-order chi connectivity index (χ0) is 18.7. The summed E-state index contributed by atoms with van der Waals surface area (Å²) < 4.78 is 35.1. The first-order chi connectivity index (χ1) is 12.4. The highest BCUT2D eigenvalue weighted by Gasteiger charge is 2.30. The van der Waals surface area contributed by atoms with E-state index in [0.717, 1.165) is 53.5 Å². The number of allylic oxidation sites excluding steroid dienone is 2. The van der Waals surface area contributed by atoms with Crippen molar-refractivity contribution in [2.45, 2.75) is 43.4 Å². The number of methoxy groups -OCH3 is 1. The average molecular weight is 457 g/mol. The Morgan fingerprint density at radius 2 is 1.81 bits per heavy atom. The predicted molar refractivity (Wildman–Crippen MR) is 105 cm³/mol. The molecule has 0 amide bonds. The lowest BCUT2D eigenvalue weighted by Gasteiger charge is -2.17. The minimum absolute atomic E-state index is 0.0948. The molecule has 0 radical (unpaired) electrons. The highest BCUT2D eigenvalue weighted by Crippen LogP contribution is 2.45. The van der Waals surface area contributed by atoms with E-state index in [-0.39, 0.29) is 9.94 Å². The van der Waals surface area contributed by atoms with E-state index in [1.54, 1.807) is 12.1 Å². The molecule has 0 N–H and O–H groups in total. The molecule has 8 heteroatoms. The molecule has 1 aromatic rings. The number of benzene rings is 1. The molecule has 0 spiro atoms. The highest BCUT2D eigenvalue weighted by molar-refractivity contribution is 9.10. The largest absolute Gasteiger partial charge is 0.616 e. The summed E-state index contributed by atoms with van der Waals surface area (Å²) in [6.45, 7) is 0. The number of rotatable bonds is 3. The normalized spacial score (nSPS) is 22.0. The van der Waals surface area contributed by atoms with Crippen LogP contribution >= 0.6 is 27.7 Å². The molecular weight excluding hydrogens is 438 g/mol. The second-order valence-corrected chi connectivity index (χ2v) is 9.71. The van der Waals surface area contributed by atoms with E-state index in [0.29, 0.717) is 5.57 Å². The van der Waals surface area contributed by atoms with E-state index >= 15 is 0 Å². The molecule has 0 saturated heterocycles. The lowest BCUT2D eigenvalue weighted by Crippen LogP contribution is -2.14. The van der Waals surface area contributed by atoms with Crippen LogP contribution in [0.5, 0.6) is 0 Å². The number of hydrogen-bond donors (Lipinski definition) is 0. The fourth-order valence-corrected chi connectivity index (χ4v) is 5.77. The van der Waals surface area contributed by atoms with E-state index in [9.17, 15) is 13.5 Å². The van der Waals surface area contributed by atoms with Crippen LogP contribution in [0.2, 0.25) is 0 Å². The Kier molecular flexibility index (Phi) is 6.14. The van der Waals surface area contributed by atoms with Crippen LogP contribution < -0.4 is 5.11 Å². The molecule has 0 fully saturated rings. The summed E-state index contributed by atoms with van der Waals surface area (Å²) in [6.07, 6.45) is 5.87. The molecule has 2 aliphatic rings. The van der Waals surface area contributed by atoms with Crippen LogP contribution in [-0.2, 0) is 14.8 Å². The Morgan fingerprint density at radius 3 is 2.46 bits per heavy atom. The van der Waals surface area contributed by atoms with Gasteiger partial charge in [-0.25, -0.2) is 0 Å². The zero-order valence-corrected chi connectivity index (χ0v) is 17.5. The Labute approximate surface area is 166 Å². The predicted octanol–water partition coefficient (Wildman–Crippen LogP) is 4.11. The summed E-state index contributed by atoms with van der Waals surface area (Å²) in [7, 11) is -2.60. The molecule has 5 nitrogen and oxygen atoms in total. The van der Waals surface area contributed by atoms with Crippen LogP contribution in [0.4, 0.5) is 0 Å². The van der Waals surface area contributed by atoms with Crippen LogP contribution in [0.1, 0.15) is 38.5 Å². The molecule has 0 bridgehead atoms. The summed E-state index contributed by atoms with van der Waals surface area (Å²) in [4.78, 5) is 1.15. The lowest BCUT2D eigenvalue weighted by molar-refractivity contribution is -0.354. The summed E-state index contributed by atoms with van der Waals surface area (Å²) in [5.74, 6) is -0.521. The van der Waals surface area contributed by atoms with E-state index in [4.69, 9.17) is 4.74 Å². The fraction of sp³-hybridized carbons (Fsp3) is 0.389. The molecule has 26 heavy (non-hydrogen) atoms. The van der Waals surface area contributed by atoms with Crippen molar-refractivity contribution >= 4 is 42.8 Å². The van der Waals surface area contributed by atoms with Gasteiger partial charge in [-0.1, -0.05) is 40.5 Å². The van der Waals surface area contributed by atoms with Crippen molar-refractivity contribution in [1.82, 2.24) is 0 Å². The Bertz CT molecular complexity index is 886. The maximum Gasteiger partial charge on any atom is 0.283 e. The monoisotopic (exact) mass is 456 g/mol. The van der Waals surface area contributed by atoms with Gasteiger partial charge in [-0.05, 0) is 67.5 Å². The number of nitrogens with zero attached hydrogens (tertiary/aromatic N) is 1. The highest BCUT2D eigenvalue weighted by atomic mass is 79.9. The van der Waals surface area contributed by atoms with E-state index in [1.165, 1.54) is 31.0 Å². The Morgan fingerprint density at radius 1 is 1.15 bits per heavy atom.